The molecule has 1 aromatic heterocycles. The highest BCUT2D eigenvalue weighted by Crippen LogP contribution is 2.30. The van der Waals surface area contributed by atoms with Crippen LogP contribution in [0.5, 0.6) is 0 Å². The van der Waals surface area contributed by atoms with Crippen LogP contribution in [0.1, 0.15) is 19.4 Å². The number of aliphatic hydroxyl groups excluding tert-OH is 1. The fourth-order valence-corrected chi connectivity index (χ4v) is 2.15. The molecule has 0 aliphatic carbocycles. The molecule has 0 spiro atoms. The van der Waals surface area contributed by atoms with Crippen molar-refractivity contribution in [1.82, 2.24) is 0 Å². The van der Waals surface area contributed by atoms with E-state index in [1.54, 1.807) is 11.3 Å². The topological polar surface area (TPSA) is 23.5 Å². The van der Waals surface area contributed by atoms with Gasteiger partial charge in [0.25, 0.3) is 0 Å². The summed E-state index contributed by atoms with van der Waals surface area (Å²) in [6, 6.07) is 2.10. The van der Waals surface area contributed by atoms with Crippen molar-refractivity contribution < 1.29 is 5.11 Å². The minimum Gasteiger partial charge on any atom is -0.394 e. The first kappa shape index (κ1) is 10.5. The lowest BCUT2D eigenvalue weighted by Crippen LogP contribution is -2.44. The van der Waals surface area contributed by atoms with E-state index in [1.807, 2.05) is 20.9 Å². The molecule has 0 saturated carbocycles. The Hall–Kier alpha value is -0.540. The summed E-state index contributed by atoms with van der Waals surface area (Å²) in [5, 5.41) is 12.5. The van der Waals surface area contributed by atoms with Crippen LogP contribution >= 0.6 is 11.3 Å². The van der Waals surface area contributed by atoms with Gasteiger partial charge in [0.2, 0.25) is 0 Å². The Morgan fingerprint density at radius 2 is 2.15 bits per heavy atom. The molecular weight excluding hydrogens is 182 g/mol. The highest BCUT2D eigenvalue weighted by Gasteiger charge is 2.24. The molecule has 1 aromatic rings. The quantitative estimate of drug-likeness (QED) is 0.807. The molecule has 0 radical (unpaired) electrons. The molecule has 1 rings (SSSR count). The van der Waals surface area contributed by atoms with Crippen LogP contribution in [0.2, 0.25) is 0 Å². The third-order valence-electron chi connectivity index (χ3n) is 2.43. The molecule has 0 saturated heterocycles. The highest BCUT2D eigenvalue weighted by atomic mass is 32.1. The molecule has 74 valence electrons. The maximum atomic E-state index is 9.22. The van der Waals surface area contributed by atoms with Gasteiger partial charge in [-0.1, -0.05) is 0 Å². The van der Waals surface area contributed by atoms with Crippen molar-refractivity contribution in [3.63, 3.8) is 0 Å². The van der Waals surface area contributed by atoms with Crippen molar-refractivity contribution in [3.8, 4) is 0 Å². The van der Waals surface area contributed by atoms with Gasteiger partial charge in [0.05, 0.1) is 17.1 Å². The van der Waals surface area contributed by atoms with Crippen molar-refractivity contribution in [2.24, 2.45) is 0 Å². The molecule has 0 atom stereocenters. The Bertz CT molecular complexity index is 280. The summed E-state index contributed by atoms with van der Waals surface area (Å²) >= 11 is 1.71. The smallest absolute Gasteiger partial charge is 0.0940 e. The van der Waals surface area contributed by atoms with E-state index in [-0.39, 0.29) is 12.1 Å². The number of hydrogen-bond acceptors (Lipinski definition) is 3. The van der Waals surface area contributed by atoms with Gasteiger partial charge in [0, 0.05) is 7.05 Å². The van der Waals surface area contributed by atoms with E-state index in [1.165, 1.54) is 10.6 Å². The summed E-state index contributed by atoms with van der Waals surface area (Å²) < 4.78 is 0. The average molecular weight is 199 g/mol. The fourth-order valence-electron chi connectivity index (χ4n) is 1.09. The maximum Gasteiger partial charge on any atom is 0.0940 e. The summed E-state index contributed by atoms with van der Waals surface area (Å²) in [6.45, 7) is 6.33. The molecule has 2 nitrogen and oxygen atoms in total. The number of thiophene rings is 1. The SMILES string of the molecule is Cc1ccsc1N(C)C(C)(C)CO. The van der Waals surface area contributed by atoms with Gasteiger partial charge in [0.1, 0.15) is 0 Å². The molecule has 13 heavy (non-hydrogen) atoms. The summed E-state index contributed by atoms with van der Waals surface area (Å²) in [6.07, 6.45) is 0. The van der Waals surface area contributed by atoms with Crippen molar-refractivity contribution in [2.45, 2.75) is 26.3 Å². The molecule has 0 aliphatic heterocycles. The lowest BCUT2D eigenvalue weighted by atomic mass is 10.1. The van der Waals surface area contributed by atoms with Crippen molar-refractivity contribution in [1.29, 1.82) is 0 Å². The molecule has 3 heteroatoms. The second-order valence-electron chi connectivity index (χ2n) is 3.94. The van der Waals surface area contributed by atoms with Crippen LogP contribution in [0.15, 0.2) is 11.4 Å². The molecule has 0 aliphatic rings. The second kappa shape index (κ2) is 3.68. The molecule has 1 N–H and O–H groups in total. The van der Waals surface area contributed by atoms with Crippen LogP contribution in [-0.4, -0.2) is 24.3 Å². The zero-order chi connectivity index (χ0) is 10.1. The van der Waals surface area contributed by atoms with Crippen LogP contribution in [-0.2, 0) is 0 Å². The Labute approximate surface area is 83.8 Å². The number of anilines is 1. The number of aryl methyl sites for hydroxylation is 1. The van der Waals surface area contributed by atoms with Crippen molar-refractivity contribution in [2.75, 3.05) is 18.6 Å². The van der Waals surface area contributed by atoms with E-state index >= 15 is 0 Å². The van der Waals surface area contributed by atoms with E-state index < -0.39 is 0 Å². The van der Waals surface area contributed by atoms with Gasteiger partial charge in [-0.2, -0.15) is 0 Å². The van der Waals surface area contributed by atoms with E-state index in [9.17, 15) is 5.11 Å². The Morgan fingerprint density at radius 1 is 1.54 bits per heavy atom. The van der Waals surface area contributed by atoms with Gasteiger partial charge in [-0.15, -0.1) is 11.3 Å². The molecule has 0 amide bonds. The first-order valence-electron chi connectivity index (χ1n) is 4.38. The molecule has 0 unspecified atom stereocenters. The minimum atomic E-state index is -0.185. The standard InChI is InChI=1S/C10H17NOS/c1-8-5-6-13-9(8)11(4)10(2,3)7-12/h5-6,12H,7H2,1-4H3. The van der Waals surface area contributed by atoms with Crippen LogP contribution in [0, 0.1) is 6.92 Å². The predicted molar refractivity (Wildman–Crippen MR) is 58.6 cm³/mol. The van der Waals surface area contributed by atoms with Crippen molar-refractivity contribution in [3.05, 3.63) is 17.0 Å². The van der Waals surface area contributed by atoms with Gasteiger partial charge in [-0.05, 0) is 37.8 Å². The third-order valence-corrected chi connectivity index (χ3v) is 3.53. The zero-order valence-corrected chi connectivity index (χ0v) is 9.48. The van der Waals surface area contributed by atoms with Crippen LogP contribution in [0.25, 0.3) is 0 Å². The lowest BCUT2D eigenvalue weighted by Gasteiger charge is -2.35. The maximum absolute atomic E-state index is 9.22. The Balaban J connectivity index is 2.91. The molecule has 0 aromatic carbocycles. The number of aliphatic hydroxyl groups is 1. The molecule has 0 fully saturated rings. The summed E-state index contributed by atoms with van der Waals surface area (Å²) in [5.41, 5.74) is 1.09. The first-order chi connectivity index (χ1) is 5.99. The van der Waals surface area contributed by atoms with E-state index in [4.69, 9.17) is 0 Å². The number of rotatable bonds is 3. The normalized spacial score (nSPS) is 11.8. The van der Waals surface area contributed by atoms with E-state index in [0.29, 0.717) is 0 Å². The molecule has 1 heterocycles. The zero-order valence-electron chi connectivity index (χ0n) is 8.66. The van der Waals surface area contributed by atoms with Crippen LogP contribution in [0.3, 0.4) is 0 Å². The number of hydrogen-bond donors (Lipinski definition) is 1. The van der Waals surface area contributed by atoms with Gasteiger partial charge in [-0.3, -0.25) is 0 Å². The summed E-state index contributed by atoms with van der Waals surface area (Å²) in [7, 11) is 2.02. The van der Waals surface area contributed by atoms with Gasteiger partial charge in [0.15, 0.2) is 0 Å². The van der Waals surface area contributed by atoms with Crippen LogP contribution < -0.4 is 4.90 Å². The largest absolute Gasteiger partial charge is 0.394 e. The van der Waals surface area contributed by atoms with E-state index in [0.717, 1.165) is 0 Å². The predicted octanol–water partition coefficient (Wildman–Crippen LogP) is 2.26. The van der Waals surface area contributed by atoms with Gasteiger partial charge in [-0.25, -0.2) is 0 Å². The van der Waals surface area contributed by atoms with E-state index in [2.05, 4.69) is 23.3 Å². The first-order valence-corrected chi connectivity index (χ1v) is 5.26. The Morgan fingerprint density at radius 3 is 2.54 bits per heavy atom. The lowest BCUT2D eigenvalue weighted by molar-refractivity contribution is 0.216. The fraction of sp³-hybridized carbons (Fsp3) is 0.600. The van der Waals surface area contributed by atoms with Crippen LogP contribution in [0.4, 0.5) is 5.00 Å². The Kier molecular flexibility index (Phi) is 2.98. The highest BCUT2D eigenvalue weighted by molar-refractivity contribution is 7.14. The summed E-state index contributed by atoms with van der Waals surface area (Å²) in [5.74, 6) is 0. The minimum absolute atomic E-state index is 0.167. The number of likely N-dealkylation sites (N-methyl/N-ethyl adjacent to an activating group) is 1. The summed E-state index contributed by atoms with van der Waals surface area (Å²) in [4.78, 5) is 2.13. The van der Waals surface area contributed by atoms with Crippen molar-refractivity contribution >= 4 is 16.3 Å². The number of nitrogens with zero attached hydrogens (tertiary/aromatic N) is 1. The van der Waals surface area contributed by atoms with Gasteiger partial charge < -0.3 is 10.0 Å². The average Bonchev–Trinajstić information content (AvgIpc) is 2.50. The third kappa shape index (κ3) is 2.03. The second-order valence-corrected chi connectivity index (χ2v) is 4.83. The van der Waals surface area contributed by atoms with Gasteiger partial charge >= 0.3 is 0 Å². The molecular formula is C10H17NOS. The monoisotopic (exact) mass is 199 g/mol. The molecule has 0 bridgehead atoms.